The molecule has 0 fully saturated rings. The monoisotopic (exact) mass is 317 g/mol. The molecular formula is C14H11ClF3NS. The second kappa shape index (κ2) is 6.90. The van der Waals surface area contributed by atoms with Crippen LogP contribution in [0.2, 0.25) is 5.02 Å². The largest absolute Gasteiger partial charge is 0.381 e. The average Bonchev–Trinajstić information content (AvgIpc) is 2.39. The molecular weight excluding hydrogens is 307 g/mol. The Balaban J connectivity index is 2.00. The van der Waals surface area contributed by atoms with E-state index in [1.807, 2.05) is 0 Å². The molecule has 106 valence electrons. The molecule has 0 saturated heterocycles. The zero-order chi connectivity index (χ0) is 14.5. The standard InChI is InChI=1S/C14H11ClF3NS/c15-12-2-1-3-13(16)11(12)8-19-9-4-6-10(7-5-9)20-14(17)18/h1-7,14,19H,8H2. The van der Waals surface area contributed by atoms with Crippen LogP contribution in [0.5, 0.6) is 0 Å². The quantitative estimate of drug-likeness (QED) is 0.740. The molecule has 2 rings (SSSR count). The molecule has 0 spiro atoms. The molecule has 0 bridgehead atoms. The second-order valence-corrected chi connectivity index (χ2v) is 5.43. The van der Waals surface area contributed by atoms with E-state index >= 15 is 0 Å². The first-order chi connectivity index (χ1) is 9.56. The topological polar surface area (TPSA) is 12.0 Å². The van der Waals surface area contributed by atoms with Crippen molar-refractivity contribution in [2.75, 3.05) is 5.32 Å². The summed E-state index contributed by atoms with van der Waals surface area (Å²) in [5.41, 5.74) is 1.09. The maximum atomic E-state index is 13.5. The van der Waals surface area contributed by atoms with Gasteiger partial charge in [0.15, 0.2) is 0 Å². The lowest BCUT2D eigenvalue weighted by molar-refractivity contribution is 0.252. The van der Waals surface area contributed by atoms with Gasteiger partial charge in [-0.2, -0.15) is 8.78 Å². The van der Waals surface area contributed by atoms with Gasteiger partial charge in [0.2, 0.25) is 0 Å². The normalized spacial score (nSPS) is 10.8. The third-order valence-corrected chi connectivity index (χ3v) is 3.69. The smallest absolute Gasteiger partial charge is 0.288 e. The number of hydrogen-bond donors (Lipinski definition) is 1. The van der Waals surface area contributed by atoms with E-state index in [1.165, 1.54) is 12.1 Å². The first kappa shape index (κ1) is 15.1. The van der Waals surface area contributed by atoms with Gasteiger partial charge in [-0.15, -0.1) is 0 Å². The second-order valence-electron chi connectivity index (χ2n) is 3.96. The molecule has 0 atom stereocenters. The van der Waals surface area contributed by atoms with Gasteiger partial charge in [0, 0.05) is 27.7 Å². The maximum Gasteiger partial charge on any atom is 0.288 e. The molecule has 6 heteroatoms. The number of nitrogens with one attached hydrogen (secondary N) is 1. The van der Waals surface area contributed by atoms with Crippen LogP contribution in [0.3, 0.4) is 0 Å². The molecule has 0 aromatic heterocycles. The highest BCUT2D eigenvalue weighted by Gasteiger charge is 2.07. The predicted octanol–water partition coefficient (Wildman–Crippen LogP) is 5.41. The minimum Gasteiger partial charge on any atom is -0.381 e. The lowest BCUT2D eigenvalue weighted by Gasteiger charge is -2.09. The van der Waals surface area contributed by atoms with Crippen molar-refractivity contribution >= 4 is 29.1 Å². The van der Waals surface area contributed by atoms with Crippen molar-refractivity contribution in [1.29, 1.82) is 0 Å². The van der Waals surface area contributed by atoms with Gasteiger partial charge in [-0.25, -0.2) is 4.39 Å². The lowest BCUT2D eigenvalue weighted by atomic mass is 10.2. The SMILES string of the molecule is Fc1cccc(Cl)c1CNc1ccc(SC(F)F)cc1. The molecule has 0 aliphatic heterocycles. The van der Waals surface area contributed by atoms with Gasteiger partial charge < -0.3 is 5.32 Å². The van der Waals surface area contributed by atoms with Crippen molar-refractivity contribution < 1.29 is 13.2 Å². The van der Waals surface area contributed by atoms with Crippen LogP contribution in [0.4, 0.5) is 18.9 Å². The van der Waals surface area contributed by atoms with E-state index < -0.39 is 5.76 Å². The van der Waals surface area contributed by atoms with Crippen molar-refractivity contribution in [2.24, 2.45) is 0 Å². The van der Waals surface area contributed by atoms with E-state index in [4.69, 9.17) is 11.6 Å². The first-order valence-corrected chi connectivity index (χ1v) is 7.03. The van der Waals surface area contributed by atoms with E-state index in [1.54, 1.807) is 30.3 Å². The minimum absolute atomic E-state index is 0.229. The average molecular weight is 318 g/mol. The van der Waals surface area contributed by atoms with E-state index in [9.17, 15) is 13.2 Å². The van der Waals surface area contributed by atoms with E-state index in [0.29, 0.717) is 32.9 Å². The Morgan fingerprint density at radius 3 is 2.40 bits per heavy atom. The van der Waals surface area contributed by atoms with Crippen molar-refractivity contribution in [3.8, 4) is 0 Å². The molecule has 0 heterocycles. The molecule has 20 heavy (non-hydrogen) atoms. The Labute approximate surface area is 124 Å². The lowest BCUT2D eigenvalue weighted by Crippen LogP contribution is -2.02. The van der Waals surface area contributed by atoms with Gasteiger partial charge in [0.25, 0.3) is 5.76 Å². The minimum atomic E-state index is -2.44. The molecule has 1 N–H and O–H groups in total. The molecule has 1 nitrogen and oxygen atoms in total. The van der Waals surface area contributed by atoms with Gasteiger partial charge >= 0.3 is 0 Å². The number of anilines is 1. The summed E-state index contributed by atoms with van der Waals surface area (Å²) in [6.07, 6.45) is 0. The summed E-state index contributed by atoms with van der Waals surface area (Å²) in [7, 11) is 0. The molecule has 0 aliphatic rings. The summed E-state index contributed by atoms with van der Waals surface area (Å²) in [6.45, 7) is 0.229. The van der Waals surface area contributed by atoms with Gasteiger partial charge in [0.05, 0.1) is 0 Å². The number of rotatable bonds is 5. The van der Waals surface area contributed by atoms with Crippen molar-refractivity contribution in [1.82, 2.24) is 0 Å². The van der Waals surface area contributed by atoms with Crippen LogP contribution >= 0.6 is 23.4 Å². The van der Waals surface area contributed by atoms with Gasteiger partial charge in [-0.1, -0.05) is 29.4 Å². The fraction of sp³-hybridized carbons (Fsp3) is 0.143. The van der Waals surface area contributed by atoms with Crippen molar-refractivity contribution in [3.05, 3.63) is 58.9 Å². The van der Waals surface area contributed by atoms with Crippen molar-refractivity contribution in [2.45, 2.75) is 17.2 Å². The number of thioether (sulfide) groups is 1. The number of halogens is 4. The van der Waals surface area contributed by atoms with E-state index in [-0.39, 0.29) is 12.4 Å². The Bertz CT molecular complexity index is 555. The molecule has 2 aromatic carbocycles. The van der Waals surface area contributed by atoms with Crippen LogP contribution in [0.1, 0.15) is 5.56 Å². The highest BCUT2D eigenvalue weighted by atomic mass is 35.5. The fourth-order valence-electron chi connectivity index (χ4n) is 1.65. The van der Waals surface area contributed by atoms with Crippen LogP contribution in [0, 0.1) is 5.82 Å². The molecule has 0 radical (unpaired) electrons. The Morgan fingerprint density at radius 2 is 1.80 bits per heavy atom. The summed E-state index contributed by atoms with van der Waals surface area (Å²) in [5, 5.41) is 3.35. The molecule has 0 amide bonds. The summed E-state index contributed by atoms with van der Waals surface area (Å²) in [4.78, 5) is 0.481. The van der Waals surface area contributed by atoms with Crippen LogP contribution in [0.15, 0.2) is 47.4 Å². The molecule has 0 aliphatic carbocycles. The number of alkyl halides is 2. The molecule has 2 aromatic rings. The number of hydrogen-bond acceptors (Lipinski definition) is 2. The number of benzene rings is 2. The zero-order valence-electron chi connectivity index (χ0n) is 10.2. The highest BCUT2D eigenvalue weighted by molar-refractivity contribution is 7.99. The Hall–Kier alpha value is -1.33. The van der Waals surface area contributed by atoms with Gasteiger partial charge in [0.1, 0.15) is 5.82 Å². The van der Waals surface area contributed by atoms with Crippen LogP contribution < -0.4 is 5.32 Å². The molecule has 0 unspecified atom stereocenters. The van der Waals surface area contributed by atoms with Gasteiger partial charge in [-0.05, 0) is 36.4 Å². The van der Waals surface area contributed by atoms with Crippen LogP contribution in [-0.2, 0) is 6.54 Å². The highest BCUT2D eigenvalue weighted by Crippen LogP contribution is 2.26. The zero-order valence-corrected chi connectivity index (χ0v) is 11.8. The molecule has 0 saturated carbocycles. The predicted molar refractivity (Wildman–Crippen MR) is 77.0 cm³/mol. The summed E-state index contributed by atoms with van der Waals surface area (Å²) in [6, 6.07) is 11.0. The van der Waals surface area contributed by atoms with E-state index in [2.05, 4.69) is 5.32 Å². The Morgan fingerprint density at radius 1 is 1.10 bits per heavy atom. The van der Waals surface area contributed by atoms with Gasteiger partial charge in [-0.3, -0.25) is 0 Å². The third-order valence-electron chi connectivity index (χ3n) is 2.61. The fourth-order valence-corrected chi connectivity index (χ4v) is 2.37. The summed E-state index contributed by atoms with van der Waals surface area (Å²) < 4.78 is 37.9. The van der Waals surface area contributed by atoms with Crippen LogP contribution in [0.25, 0.3) is 0 Å². The third kappa shape index (κ3) is 4.08. The summed E-state index contributed by atoms with van der Waals surface area (Å²) >= 11 is 6.40. The van der Waals surface area contributed by atoms with Crippen LogP contribution in [-0.4, -0.2) is 5.76 Å². The summed E-state index contributed by atoms with van der Waals surface area (Å²) in [5.74, 6) is -2.82. The van der Waals surface area contributed by atoms with Crippen molar-refractivity contribution in [3.63, 3.8) is 0 Å². The first-order valence-electron chi connectivity index (χ1n) is 5.78. The Kier molecular flexibility index (Phi) is 5.20. The van der Waals surface area contributed by atoms with E-state index in [0.717, 1.165) is 0 Å². The maximum absolute atomic E-state index is 13.5.